The van der Waals surface area contributed by atoms with Crippen molar-refractivity contribution in [3.63, 3.8) is 0 Å². The fourth-order valence-corrected chi connectivity index (χ4v) is 2.67. The van der Waals surface area contributed by atoms with E-state index in [0.717, 1.165) is 6.54 Å². The summed E-state index contributed by atoms with van der Waals surface area (Å²) >= 11 is 3.85. The predicted octanol–water partition coefficient (Wildman–Crippen LogP) is 3.02. The van der Waals surface area contributed by atoms with Gasteiger partial charge in [-0.25, -0.2) is 0 Å². The largest absolute Gasteiger partial charge is 0.313 e. The van der Waals surface area contributed by atoms with E-state index in [2.05, 4.69) is 36.7 Å². The molecule has 1 unspecified atom stereocenters. The van der Waals surface area contributed by atoms with Crippen LogP contribution in [0.4, 0.5) is 0 Å². The number of hydrogen-bond acceptors (Lipinski definition) is 3. The number of nitrogens with one attached hydrogen (secondary N) is 1. The van der Waals surface area contributed by atoms with E-state index in [-0.39, 0.29) is 0 Å². The Balaban J connectivity index is 2.03. The molecule has 1 rings (SSSR count). The quantitative estimate of drug-likeness (QED) is 0.771. The second kappa shape index (κ2) is 7.32. The van der Waals surface area contributed by atoms with Crippen molar-refractivity contribution >= 4 is 23.1 Å². The second-order valence-corrected chi connectivity index (χ2v) is 5.70. The standard InChI is InChI=1S/C11H19NS2/c1-3-13-9-10(2)12-7-6-11-5-4-8-14-11/h4-5,8,10,12H,3,6-7,9H2,1-2H3. The minimum Gasteiger partial charge on any atom is -0.313 e. The third-order valence-electron chi connectivity index (χ3n) is 2.02. The van der Waals surface area contributed by atoms with Gasteiger partial charge >= 0.3 is 0 Å². The normalized spacial score (nSPS) is 13.0. The lowest BCUT2D eigenvalue weighted by Gasteiger charge is -2.12. The van der Waals surface area contributed by atoms with E-state index < -0.39 is 0 Å². The van der Waals surface area contributed by atoms with Gasteiger partial charge in [0.05, 0.1) is 0 Å². The van der Waals surface area contributed by atoms with Gasteiger partial charge in [0.15, 0.2) is 0 Å². The molecule has 0 aromatic carbocycles. The zero-order valence-corrected chi connectivity index (χ0v) is 10.6. The molecule has 1 N–H and O–H groups in total. The van der Waals surface area contributed by atoms with E-state index in [4.69, 9.17) is 0 Å². The van der Waals surface area contributed by atoms with Crippen molar-refractivity contribution in [1.29, 1.82) is 0 Å². The molecule has 1 heterocycles. The third kappa shape index (κ3) is 5.03. The van der Waals surface area contributed by atoms with E-state index >= 15 is 0 Å². The Morgan fingerprint density at radius 1 is 1.57 bits per heavy atom. The lowest BCUT2D eigenvalue weighted by molar-refractivity contribution is 0.599. The minimum absolute atomic E-state index is 0.639. The number of hydrogen-bond donors (Lipinski definition) is 1. The smallest absolute Gasteiger partial charge is 0.0130 e. The maximum atomic E-state index is 3.54. The topological polar surface area (TPSA) is 12.0 Å². The Morgan fingerprint density at radius 2 is 2.43 bits per heavy atom. The van der Waals surface area contributed by atoms with Gasteiger partial charge in [0.25, 0.3) is 0 Å². The highest BCUT2D eigenvalue weighted by molar-refractivity contribution is 7.99. The highest BCUT2D eigenvalue weighted by Gasteiger charge is 2.00. The average molecular weight is 229 g/mol. The van der Waals surface area contributed by atoms with Crippen molar-refractivity contribution in [2.24, 2.45) is 0 Å². The van der Waals surface area contributed by atoms with Crippen LogP contribution in [0.2, 0.25) is 0 Å². The highest BCUT2D eigenvalue weighted by atomic mass is 32.2. The summed E-state index contributed by atoms with van der Waals surface area (Å²) in [6.45, 7) is 5.58. The number of rotatable bonds is 7. The Bertz CT molecular complexity index is 221. The lowest BCUT2D eigenvalue weighted by Crippen LogP contribution is -2.30. The molecule has 14 heavy (non-hydrogen) atoms. The summed E-state index contributed by atoms with van der Waals surface area (Å²) in [7, 11) is 0. The van der Waals surface area contributed by atoms with Gasteiger partial charge in [-0.3, -0.25) is 0 Å². The molecule has 1 nitrogen and oxygen atoms in total. The van der Waals surface area contributed by atoms with Gasteiger partial charge < -0.3 is 5.32 Å². The van der Waals surface area contributed by atoms with E-state index in [1.807, 2.05) is 23.1 Å². The Hall–Kier alpha value is 0.01000. The third-order valence-corrected chi connectivity index (χ3v) is 4.10. The van der Waals surface area contributed by atoms with Gasteiger partial charge in [-0.2, -0.15) is 11.8 Å². The van der Waals surface area contributed by atoms with Gasteiger partial charge in [0.2, 0.25) is 0 Å². The first-order chi connectivity index (χ1) is 6.83. The Morgan fingerprint density at radius 3 is 3.07 bits per heavy atom. The molecular weight excluding hydrogens is 210 g/mol. The summed E-state index contributed by atoms with van der Waals surface area (Å²) in [6.07, 6.45) is 1.17. The van der Waals surface area contributed by atoms with Crippen molar-refractivity contribution in [3.05, 3.63) is 22.4 Å². The summed E-state index contributed by atoms with van der Waals surface area (Å²) in [5.74, 6) is 2.44. The molecule has 0 saturated heterocycles. The molecule has 0 aliphatic rings. The van der Waals surface area contributed by atoms with Gasteiger partial charge in [-0.15, -0.1) is 11.3 Å². The minimum atomic E-state index is 0.639. The van der Waals surface area contributed by atoms with Gasteiger partial charge in [0, 0.05) is 23.2 Å². The Labute approximate surface area is 95.3 Å². The first kappa shape index (κ1) is 12.1. The van der Waals surface area contributed by atoms with E-state index in [1.165, 1.54) is 22.8 Å². The zero-order valence-electron chi connectivity index (χ0n) is 8.95. The van der Waals surface area contributed by atoms with Crippen molar-refractivity contribution < 1.29 is 0 Å². The van der Waals surface area contributed by atoms with Crippen molar-refractivity contribution in [2.75, 3.05) is 18.1 Å². The maximum Gasteiger partial charge on any atom is 0.0130 e. The van der Waals surface area contributed by atoms with Gasteiger partial charge in [0.1, 0.15) is 0 Å². The zero-order chi connectivity index (χ0) is 10.2. The number of thiophene rings is 1. The monoisotopic (exact) mass is 229 g/mol. The summed E-state index contributed by atoms with van der Waals surface area (Å²) in [6, 6.07) is 4.97. The molecule has 1 atom stereocenters. The van der Waals surface area contributed by atoms with Crippen LogP contribution >= 0.6 is 23.1 Å². The van der Waals surface area contributed by atoms with Crippen LogP contribution in [0.15, 0.2) is 17.5 Å². The summed E-state index contributed by atoms with van der Waals surface area (Å²) in [4.78, 5) is 1.48. The van der Waals surface area contributed by atoms with Crippen LogP contribution in [0, 0.1) is 0 Å². The fraction of sp³-hybridized carbons (Fsp3) is 0.636. The van der Waals surface area contributed by atoms with Crippen molar-refractivity contribution in [2.45, 2.75) is 26.3 Å². The molecule has 0 fully saturated rings. The molecule has 1 aromatic heterocycles. The maximum absolute atomic E-state index is 3.54. The molecule has 0 spiro atoms. The van der Waals surface area contributed by atoms with Gasteiger partial charge in [-0.1, -0.05) is 13.0 Å². The molecule has 0 aliphatic carbocycles. The summed E-state index contributed by atoms with van der Waals surface area (Å²) in [5, 5.41) is 5.69. The SMILES string of the molecule is CCSCC(C)NCCc1cccs1. The van der Waals surface area contributed by atoms with Crippen LogP contribution < -0.4 is 5.32 Å². The summed E-state index contributed by atoms with van der Waals surface area (Å²) < 4.78 is 0. The lowest BCUT2D eigenvalue weighted by atomic mass is 10.3. The highest BCUT2D eigenvalue weighted by Crippen LogP contribution is 2.08. The first-order valence-electron chi connectivity index (χ1n) is 5.16. The van der Waals surface area contributed by atoms with E-state index in [0.29, 0.717) is 6.04 Å². The van der Waals surface area contributed by atoms with E-state index in [9.17, 15) is 0 Å². The van der Waals surface area contributed by atoms with Crippen LogP contribution in [0.25, 0.3) is 0 Å². The molecule has 0 bridgehead atoms. The van der Waals surface area contributed by atoms with Crippen LogP contribution in [0.3, 0.4) is 0 Å². The van der Waals surface area contributed by atoms with Gasteiger partial charge in [-0.05, 0) is 30.5 Å². The van der Waals surface area contributed by atoms with E-state index in [1.54, 1.807) is 0 Å². The van der Waals surface area contributed by atoms with Crippen LogP contribution in [-0.2, 0) is 6.42 Å². The fourth-order valence-electron chi connectivity index (χ4n) is 1.25. The van der Waals surface area contributed by atoms with Crippen molar-refractivity contribution in [3.8, 4) is 0 Å². The number of thioether (sulfide) groups is 1. The van der Waals surface area contributed by atoms with Crippen LogP contribution in [0.1, 0.15) is 18.7 Å². The van der Waals surface area contributed by atoms with Crippen molar-refractivity contribution in [1.82, 2.24) is 5.32 Å². The Kier molecular flexibility index (Phi) is 6.32. The molecule has 0 aliphatic heterocycles. The predicted molar refractivity (Wildman–Crippen MR) is 68.5 cm³/mol. The molecule has 1 aromatic rings. The molecule has 0 saturated carbocycles. The summed E-state index contributed by atoms with van der Waals surface area (Å²) in [5.41, 5.74) is 0. The first-order valence-corrected chi connectivity index (χ1v) is 7.20. The van der Waals surface area contributed by atoms with Crippen LogP contribution in [-0.4, -0.2) is 24.1 Å². The average Bonchev–Trinajstić information content (AvgIpc) is 2.67. The molecule has 0 amide bonds. The molecule has 80 valence electrons. The molecular formula is C11H19NS2. The second-order valence-electron chi connectivity index (χ2n) is 3.34. The molecule has 3 heteroatoms. The van der Waals surface area contributed by atoms with Crippen LogP contribution in [0.5, 0.6) is 0 Å². The molecule has 0 radical (unpaired) electrons.